The number of unbranched alkanes of at least 4 members (excludes halogenated alkanes) is 1. The van der Waals surface area contributed by atoms with Crippen LogP contribution >= 0.6 is 23.7 Å². The topological polar surface area (TPSA) is 6.48 Å². The van der Waals surface area contributed by atoms with Crippen molar-refractivity contribution in [3.63, 3.8) is 0 Å². The number of hydrogen-bond acceptors (Lipinski definition) is 3. The average molecular weight is 475 g/mol. The second kappa shape index (κ2) is 11.4. The Labute approximate surface area is 206 Å². The monoisotopic (exact) mass is 474 g/mol. The number of halogens is 1. The van der Waals surface area contributed by atoms with Gasteiger partial charge in [-0.2, -0.15) is 0 Å². The molecule has 1 saturated carbocycles. The Hall–Kier alpha value is -1.03. The number of benzene rings is 1. The van der Waals surface area contributed by atoms with Crippen LogP contribution in [-0.4, -0.2) is 37.6 Å². The number of hydrogen-bond donors (Lipinski definition) is 0. The molecule has 4 heteroatoms. The van der Waals surface area contributed by atoms with E-state index in [4.69, 9.17) is 0 Å². The molecule has 1 aliphatic heterocycles. The second-order valence-electron chi connectivity index (χ2n) is 10.8. The van der Waals surface area contributed by atoms with Crippen LogP contribution in [0.1, 0.15) is 77.7 Å². The fourth-order valence-electron chi connectivity index (χ4n) is 5.63. The molecule has 2 fully saturated rings. The van der Waals surface area contributed by atoms with Gasteiger partial charge in [-0.1, -0.05) is 46.2 Å². The first-order valence-corrected chi connectivity index (χ1v) is 13.5. The zero-order chi connectivity index (χ0) is 21.8. The minimum atomic E-state index is 0. The third kappa shape index (κ3) is 6.10. The van der Waals surface area contributed by atoms with Gasteiger partial charge in [0.15, 0.2) is 0 Å². The minimum Gasteiger partial charge on any atom is -0.369 e. The van der Waals surface area contributed by atoms with E-state index in [0.717, 1.165) is 5.92 Å². The molecular weight excluding hydrogens is 432 g/mol. The summed E-state index contributed by atoms with van der Waals surface area (Å²) in [5.41, 5.74) is 5.00. The molecule has 32 heavy (non-hydrogen) atoms. The molecule has 2 nitrogen and oxygen atoms in total. The number of anilines is 1. The fraction of sp³-hybridized carbons (Fsp3) is 0.643. The normalized spacial score (nSPS) is 22.6. The summed E-state index contributed by atoms with van der Waals surface area (Å²) in [6.07, 6.45) is 8.07. The number of piperazine rings is 1. The zero-order valence-corrected chi connectivity index (χ0v) is 22.2. The van der Waals surface area contributed by atoms with Gasteiger partial charge in [-0.15, -0.1) is 23.7 Å². The van der Waals surface area contributed by atoms with Crippen molar-refractivity contribution in [1.29, 1.82) is 0 Å². The molecule has 0 amide bonds. The molecule has 0 bridgehead atoms. The summed E-state index contributed by atoms with van der Waals surface area (Å²) in [5.74, 6) is 1.58. The third-order valence-corrected chi connectivity index (χ3v) is 8.68. The Morgan fingerprint density at radius 2 is 1.69 bits per heavy atom. The Morgan fingerprint density at radius 3 is 2.28 bits per heavy atom. The van der Waals surface area contributed by atoms with Gasteiger partial charge in [-0.3, -0.25) is 4.90 Å². The maximum absolute atomic E-state index is 2.69. The van der Waals surface area contributed by atoms with Gasteiger partial charge in [-0.25, -0.2) is 0 Å². The van der Waals surface area contributed by atoms with Gasteiger partial charge >= 0.3 is 0 Å². The molecule has 0 atom stereocenters. The second-order valence-corrected chi connectivity index (χ2v) is 11.8. The van der Waals surface area contributed by atoms with Crippen LogP contribution in [0, 0.1) is 11.3 Å². The van der Waals surface area contributed by atoms with Crippen molar-refractivity contribution < 1.29 is 0 Å². The smallest absolute Gasteiger partial charge is 0.0402 e. The summed E-state index contributed by atoms with van der Waals surface area (Å²) in [6.45, 7) is 15.6. The third-order valence-electron chi connectivity index (χ3n) is 7.77. The van der Waals surface area contributed by atoms with Gasteiger partial charge in [0.25, 0.3) is 0 Å². The first-order chi connectivity index (χ1) is 15.0. The Bertz CT molecular complexity index is 810. The van der Waals surface area contributed by atoms with Crippen molar-refractivity contribution in [2.75, 3.05) is 37.6 Å². The summed E-state index contributed by atoms with van der Waals surface area (Å²) in [4.78, 5) is 6.75. The zero-order valence-electron chi connectivity index (χ0n) is 20.6. The maximum Gasteiger partial charge on any atom is 0.0402 e. The summed E-state index contributed by atoms with van der Waals surface area (Å²) in [7, 11) is 0. The minimum absolute atomic E-state index is 0. The first kappa shape index (κ1) is 25.6. The molecule has 0 N–H and O–H groups in total. The molecule has 2 aromatic rings. The highest BCUT2D eigenvalue weighted by Crippen LogP contribution is 2.46. The molecule has 2 heterocycles. The van der Waals surface area contributed by atoms with Crippen molar-refractivity contribution in [3.8, 4) is 10.4 Å². The number of nitrogens with zero attached hydrogens (tertiary/aromatic N) is 2. The van der Waals surface area contributed by atoms with E-state index in [1.165, 1.54) is 87.4 Å². The standard InChI is InChI=1S/C28H42N2S.ClH/c1-5-6-15-29-16-18-30(19-17-29)26-14-11-23(27-8-7-20-31-27)21-25(26)22-9-12-24(13-10-22)28(2,3)4;/h7-8,11,14,20-22,24H,5-6,9-10,12-13,15-19H2,1-4H3;1H. The molecular formula is C28H43ClN2S. The van der Waals surface area contributed by atoms with E-state index in [1.807, 2.05) is 11.3 Å². The lowest BCUT2D eigenvalue weighted by Crippen LogP contribution is -2.47. The molecule has 1 aromatic carbocycles. The highest BCUT2D eigenvalue weighted by Gasteiger charge is 2.32. The van der Waals surface area contributed by atoms with Gasteiger partial charge in [0, 0.05) is 36.7 Å². The van der Waals surface area contributed by atoms with E-state index in [0.29, 0.717) is 11.3 Å². The van der Waals surface area contributed by atoms with E-state index in [9.17, 15) is 0 Å². The highest BCUT2D eigenvalue weighted by molar-refractivity contribution is 7.13. The Balaban J connectivity index is 0.00000289. The first-order valence-electron chi connectivity index (χ1n) is 12.6. The van der Waals surface area contributed by atoms with E-state index >= 15 is 0 Å². The Kier molecular flexibility index (Phi) is 9.12. The molecule has 1 aliphatic carbocycles. The maximum atomic E-state index is 2.69. The molecule has 0 radical (unpaired) electrons. The Morgan fingerprint density at radius 1 is 0.969 bits per heavy atom. The highest BCUT2D eigenvalue weighted by atomic mass is 35.5. The predicted molar refractivity (Wildman–Crippen MR) is 145 cm³/mol. The number of thiophene rings is 1. The summed E-state index contributed by atoms with van der Waals surface area (Å²) in [6, 6.07) is 11.8. The summed E-state index contributed by atoms with van der Waals surface area (Å²) < 4.78 is 0. The largest absolute Gasteiger partial charge is 0.369 e. The molecule has 1 aromatic heterocycles. The van der Waals surface area contributed by atoms with Gasteiger partial charge in [-0.05, 0) is 90.6 Å². The van der Waals surface area contributed by atoms with Crippen molar-refractivity contribution in [3.05, 3.63) is 41.3 Å². The van der Waals surface area contributed by atoms with Crippen molar-refractivity contribution in [1.82, 2.24) is 4.90 Å². The van der Waals surface area contributed by atoms with Crippen LogP contribution in [0.15, 0.2) is 35.7 Å². The molecule has 178 valence electrons. The van der Waals surface area contributed by atoms with Gasteiger partial charge in [0.1, 0.15) is 0 Å². The number of rotatable bonds is 6. The predicted octanol–water partition coefficient (Wildman–Crippen LogP) is 8.08. The van der Waals surface area contributed by atoms with Gasteiger partial charge in [0.2, 0.25) is 0 Å². The fourth-order valence-corrected chi connectivity index (χ4v) is 6.35. The van der Waals surface area contributed by atoms with Crippen molar-refractivity contribution >= 4 is 29.4 Å². The lowest BCUT2D eigenvalue weighted by Gasteiger charge is -2.40. The average Bonchev–Trinajstić information content (AvgIpc) is 3.32. The van der Waals surface area contributed by atoms with Gasteiger partial charge in [0.05, 0.1) is 0 Å². The van der Waals surface area contributed by atoms with Crippen LogP contribution in [0.25, 0.3) is 10.4 Å². The van der Waals surface area contributed by atoms with Crippen LogP contribution in [0.3, 0.4) is 0 Å². The van der Waals surface area contributed by atoms with Crippen LogP contribution in [0.4, 0.5) is 5.69 Å². The van der Waals surface area contributed by atoms with Gasteiger partial charge < -0.3 is 4.90 Å². The van der Waals surface area contributed by atoms with Crippen LogP contribution in [0.2, 0.25) is 0 Å². The lowest BCUT2D eigenvalue weighted by molar-refractivity contribution is 0.169. The van der Waals surface area contributed by atoms with Crippen LogP contribution in [0.5, 0.6) is 0 Å². The van der Waals surface area contributed by atoms with E-state index in [1.54, 1.807) is 5.56 Å². The van der Waals surface area contributed by atoms with E-state index in [-0.39, 0.29) is 12.4 Å². The van der Waals surface area contributed by atoms with Crippen LogP contribution < -0.4 is 4.90 Å². The van der Waals surface area contributed by atoms with Crippen molar-refractivity contribution in [2.45, 2.75) is 72.1 Å². The molecule has 0 unspecified atom stereocenters. The molecule has 1 saturated heterocycles. The summed E-state index contributed by atoms with van der Waals surface area (Å²) >= 11 is 1.86. The quantitative estimate of drug-likeness (QED) is 0.417. The van der Waals surface area contributed by atoms with Crippen molar-refractivity contribution in [2.24, 2.45) is 11.3 Å². The lowest BCUT2D eigenvalue weighted by atomic mass is 9.68. The molecule has 4 rings (SSSR count). The summed E-state index contributed by atoms with van der Waals surface area (Å²) in [5, 5.41) is 2.20. The van der Waals surface area contributed by atoms with E-state index < -0.39 is 0 Å². The van der Waals surface area contributed by atoms with Crippen LogP contribution in [-0.2, 0) is 0 Å². The SMILES string of the molecule is CCCCN1CCN(c2ccc(-c3cccs3)cc2C2CCC(C(C)(C)C)CC2)CC1.Cl. The molecule has 0 spiro atoms. The van der Waals surface area contributed by atoms with E-state index in [2.05, 4.69) is 73.2 Å². The molecule has 2 aliphatic rings.